The van der Waals surface area contributed by atoms with Gasteiger partial charge in [-0.3, -0.25) is 0 Å². The number of methoxy groups -OCH3 is 1. The van der Waals surface area contributed by atoms with Crippen LogP contribution in [-0.4, -0.2) is 40.1 Å². The Morgan fingerprint density at radius 3 is 2.57 bits per heavy atom. The first kappa shape index (κ1) is 20.5. The van der Waals surface area contributed by atoms with Gasteiger partial charge in [-0.2, -0.15) is 17.0 Å². The van der Waals surface area contributed by atoms with Crippen molar-refractivity contribution in [2.45, 2.75) is 11.4 Å². The monoisotopic (exact) mass is 415 g/mol. The van der Waals surface area contributed by atoms with E-state index in [4.69, 9.17) is 4.74 Å². The minimum absolute atomic E-state index is 0.117. The molecule has 28 heavy (non-hydrogen) atoms. The summed E-state index contributed by atoms with van der Waals surface area (Å²) in [5.41, 5.74) is 1.70. The van der Waals surface area contributed by atoms with Crippen LogP contribution in [0.3, 0.4) is 0 Å². The molecule has 0 radical (unpaired) electrons. The average Bonchev–Trinajstić information content (AvgIpc) is 2.73. The molecule has 1 aliphatic heterocycles. The predicted molar refractivity (Wildman–Crippen MR) is 112 cm³/mol. The topological polar surface area (TPSA) is 71.6 Å². The zero-order valence-corrected chi connectivity index (χ0v) is 17.4. The smallest absolute Gasteiger partial charge is 0.216 e. The van der Waals surface area contributed by atoms with Gasteiger partial charge in [-0.15, -0.1) is 0 Å². The number of quaternary nitrogens is 1. The summed E-state index contributed by atoms with van der Waals surface area (Å²) in [7, 11) is -2.21. The summed E-state index contributed by atoms with van der Waals surface area (Å²) in [6, 6.07) is 15.4. The van der Waals surface area contributed by atoms with Gasteiger partial charge in [0.1, 0.15) is 23.3 Å². The number of nitriles is 1. The van der Waals surface area contributed by atoms with Crippen molar-refractivity contribution in [2.75, 3.05) is 31.7 Å². The van der Waals surface area contributed by atoms with Crippen molar-refractivity contribution in [1.82, 2.24) is 0 Å². The molecule has 1 fully saturated rings. The number of nitrogens with zero attached hydrogens (tertiary/aromatic N) is 1. The fourth-order valence-electron chi connectivity index (χ4n) is 3.18. The molecule has 0 aromatic heterocycles. The molecule has 1 N–H and O–H groups in total. The molecule has 2 aromatic rings. The van der Waals surface area contributed by atoms with E-state index in [-0.39, 0.29) is 9.80 Å². The second kappa shape index (κ2) is 9.28. The third kappa shape index (κ3) is 4.76. The maximum Gasteiger partial charge on any atom is 0.216 e. The molecule has 1 heterocycles. The van der Waals surface area contributed by atoms with Crippen LogP contribution in [-0.2, 0) is 16.4 Å². The number of sulfone groups is 1. The third-order valence-electron chi connectivity index (χ3n) is 4.70. The minimum Gasteiger partial charge on any atom is -0.496 e. The molecule has 0 saturated carbocycles. The van der Waals surface area contributed by atoms with Crippen molar-refractivity contribution in [3.05, 3.63) is 64.6 Å². The Balaban J connectivity index is 1.93. The van der Waals surface area contributed by atoms with E-state index in [0.717, 1.165) is 42.5 Å². The first-order valence-electron chi connectivity index (χ1n) is 9.05. The van der Waals surface area contributed by atoms with E-state index in [2.05, 4.69) is 0 Å². The maximum atomic E-state index is 12.8. The van der Waals surface area contributed by atoms with Crippen molar-refractivity contribution in [1.29, 1.82) is 5.26 Å². The lowest BCUT2D eigenvalue weighted by atomic mass is 10.1. The summed E-state index contributed by atoms with van der Waals surface area (Å²) in [5.74, 6) is 3.07. The van der Waals surface area contributed by atoms with Crippen molar-refractivity contribution >= 4 is 27.7 Å². The first-order chi connectivity index (χ1) is 13.5. The van der Waals surface area contributed by atoms with E-state index in [9.17, 15) is 13.7 Å². The van der Waals surface area contributed by atoms with Gasteiger partial charge in [-0.1, -0.05) is 24.3 Å². The van der Waals surface area contributed by atoms with Crippen molar-refractivity contribution in [3.8, 4) is 11.8 Å². The molecular weight excluding hydrogens is 392 g/mol. The highest BCUT2D eigenvalue weighted by molar-refractivity contribution is 7.99. The highest BCUT2D eigenvalue weighted by atomic mass is 32.2. The van der Waals surface area contributed by atoms with Gasteiger partial charge in [0, 0.05) is 17.1 Å². The molecule has 1 aliphatic rings. The lowest BCUT2D eigenvalue weighted by Gasteiger charge is -2.24. The van der Waals surface area contributed by atoms with Gasteiger partial charge < -0.3 is 9.64 Å². The Morgan fingerprint density at radius 2 is 1.93 bits per heavy atom. The molecule has 5 nitrogen and oxygen atoms in total. The quantitative estimate of drug-likeness (QED) is 0.732. The fourth-order valence-corrected chi connectivity index (χ4v) is 5.43. The summed E-state index contributed by atoms with van der Waals surface area (Å²) in [6.07, 6.45) is 1.44. The van der Waals surface area contributed by atoms with Gasteiger partial charge >= 0.3 is 0 Å². The van der Waals surface area contributed by atoms with Crippen molar-refractivity contribution in [2.24, 2.45) is 0 Å². The fraction of sp³-hybridized carbons (Fsp3) is 0.286. The molecular formula is C21H23N2O3S2+. The summed E-state index contributed by atoms with van der Waals surface area (Å²) < 4.78 is 31.0. The minimum atomic E-state index is -3.84. The number of rotatable bonds is 6. The Bertz CT molecular complexity index is 990. The first-order valence-corrected chi connectivity index (χ1v) is 11.7. The van der Waals surface area contributed by atoms with E-state index in [1.807, 2.05) is 30.0 Å². The van der Waals surface area contributed by atoms with Gasteiger partial charge in [0.15, 0.2) is 0 Å². The van der Waals surface area contributed by atoms with E-state index in [0.29, 0.717) is 5.56 Å². The predicted octanol–water partition coefficient (Wildman–Crippen LogP) is 2.17. The van der Waals surface area contributed by atoms with Gasteiger partial charge in [-0.05, 0) is 35.9 Å². The highest BCUT2D eigenvalue weighted by Crippen LogP contribution is 2.24. The van der Waals surface area contributed by atoms with Crippen LogP contribution >= 0.6 is 11.8 Å². The van der Waals surface area contributed by atoms with E-state index in [1.165, 1.54) is 23.1 Å². The molecule has 0 aliphatic carbocycles. The Labute approximate surface area is 170 Å². The summed E-state index contributed by atoms with van der Waals surface area (Å²) in [4.78, 5) is 1.33. The number of allylic oxidation sites excluding steroid dienone is 1. The molecule has 2 aromatic carbocycles. The third-order valence-corrected chi connectivity index (χ3v) is 7.36. The zero-order chi connectivity index (χ0) is 20.0. The Morgan fingerprint density at radius 1 is 1.21 bits per heavy atom. The molecule has 0 atom stereocenters. The summed E-state index contributed by atoms with van der Waals surface area (Å²) in [6.45, 7) is 3.01. The van der Waals surface area contributed by atoms with Crippen molar-refractivity contribution in [3.63, 3.8) is 0 Å². The van der Waals surface area contributed by atoms with Crippen LogP contribution in [0.1, 0.15) is 11.1 Å². The normalized spacial score (nSPS) is 15.8. The van der Waals surface area contributed by atoms with Crippen LogP contribution in [0.5, 0.6) is 5.75 Å². The van der Waals surface area contributed by atoms with Crippen LogP contribution in [0.2, 0.25) is 0 Å². The second-order valence-corrected chi connectivity index (χ2v) is 9.69. The Kier molecular flexibility index (Phi) is 6.79. The van der Waals surface area contributed by atoms with E-state index < -0.39 is 9.84 Å². The van der Waals surface area contributed by atoms with Crippen LogP contribution < -0.4 is 9.64 Å². The standard InChI is InChI=1S/C21H22N2O3S2/c1-26-21-8-7-17(13-18(21)16-23-9-11-27-12-10-23)14-20(15-22)28(24,25)19-5-3-2-4-6-19/h2-8,13-14H,9-12,16H2,1H3/p+1/b20-14+. The molecule has 3 rings (SSSR count). The molecule has 0 unspecified atom stereocenters. The number of benzene rings is 2. The van der Waals surface area contributed by atoms with E-state index >= 15 is 0 Å². The van der Waals surface area contributed by atoms with Gasteiger partial charge in [0.25, 0.3) is 0 Å². The average molecular weight is 416 g/mol. The number of nitrogens with one attached hydrogen (secondary N) is 1. The van der Waals surface area contributed by atoms with Crippen LogP contribution in [0.15, 0.2) is 58.3 Å². The maximum absolute atomic E-state index is 12.8. The van der Waals surface area contributed by atoms with Gasteiger partial charge in [-0.25, -0.2) is 8.42 Å². The van der Waals surface area contributed by atoms with Crippen LogP contribution in [0.4, 0.5) is 0 Å². The van der Waals surface area contributed by atoms with Crippen LogP contribution in [0.25, 0.3) is 6.08 Å². The second-order valence-electron chi connectivity index (χ2n) is 6.55. The van der Waals surface area contributed by atoms with E-state index in [1.54, 1.807) is 31.4 Å². The van der Waals surface area contributed by atoms with Crippen LogP contribution in [0, 0.1) is 11.3 Å². The SMILES string of the molecule is COc1ccc(/C=C(\C#N)S(=O)(=O)c2ccccc2)cc1C[NH+]1CCSCC1. The van der Waals surface area contributed by atoms with Gasteiger partial charge in [0.2, 0.25) is 9.84 Å². The van der Waals surface area contributed by atoms with Crippen molar-refractivity contribution < 1.29 is 18.1 Å². The molecule has 0 amide bonds. The molecule has 0 spiro atoms. The molecule has 7 heteroatoms. The molecule has 1 saturated heterocycles. The Hall–Kier alpha value is -2.27. The number of thioether (sulfide) groups is 1. The lowest BCUT2D eigenvalue weighted by molar-refractivity contribution is -0.910. The number of ether oxygens (including phenoxy) is 1. The zero-order valence-electron chi connectivity index (χ0n) is 15.7. The summed E-state index contributed by atoms with van der Waals surface area (Å²) >= 11 is 1.97. The largest absolute Gasteiger partial charge is 0.496 e. The number of hydrogen-bond acceptors (Lipinski definition) is 5. The lowest BCUT2D eigenvalue weighted by Crippen LogP contribution is -3.12. The molecule has 0 bridgehead atoms. The highest BCUT2D eigenvalue weighted by Gasteiger charge is 2.21. The molecule has 146 valence electrons. The number of hydrogen-bond donors (Lipinski definition) is 1. The summed E-state index contributed by atoms with van der Waals surface area (Å²) in [5, 5.41) is 9.49. The van der Waals surface area contributed by atoms with Gasteiger partial charge in [0.05, 0.1) is 25.1 Å².